The van der Waals surface area contributed by atoms with Crippen LogP contribution in [0.1, 0.15) is 31.7 Å². The number of carbonyl (C=O) groups is 2. The van der Waals surface area contributed by atoms with Crippen molar-refractivity contribution < 1.29 is 14.7 Å². The summed E-state index contributed by atoms with van der Waals surface area (Å²) in [7, 11) is 0. The van der Waals surface area contributed by atoms with Crippen molar-refractivity contribution in [3.8, 4) is 0 Å². The molecule has 0 aromatic heterocycles. The molecule has 0 saturated heterocycles. The number of anilines is 1. The summed E-state index contributed by atoms with van der Waals surface area (Å²) in [5, 5.41) is 11.0. The van der Waals surface area contributed by atoms with Crippen LogP contribution in [0.4, 0.5) is 5.69 Å². The van der Waals surface area contributed by atoms with E-state index >= 15 is 0 Å². The molecule has 0 spiro atoms. The highest BCUT2D eigenvalue weighted by atomic mass is 16.4. The molecule has 0 radical (unpaired) electrons. The van der Waals surface area contributed by atoms with Crippen LogP contribution in [0.25, 0.3) is 0 Å². The predicted octanol–water partition coefficient (Wildman–Crippen LogP) is 3.00. The minimum atomic E-state index is -1.14. The van der Waals surface area contributed by atoms with Crippen LogP contribution >= 0.6 is 0 Å². The maximum atomic E-state index is 11.4. The number of nitrogens with one attached hydrogen (secondary N) is 1. The molecule has 0 fully saturated rings. The second-order valence-electron chi connectivity index (χ2n) is 4.31. The molecule has 0 atom stereocenters. The second-order valence-corrected chi connectivity index (χ2v) is 4.31. The van der Waals surface area contributed by atoms with Crippen LogP contribution in [0.3, 0.4) is 0 Å². The van der Waals surface area contributed by atoms with Gasteiger partial charge in [0.05, 0.1) is 0 Å². The van der Waals surface area contributed by atoms with E-state index in [1.54, 1.807) is 0 Å². The smallest absolute Gasteiger partial charge is 0.328 e. The Hall–Kier alpha value is -2.10. The van der Waals surface area contributed by atoms with Crippen molar-refractivity contribution >= 4 is 17.6 Å². The fourth-order valence-electron chi connectivity index (χ4n) is 1.66. The first-order valence-corrected chi connectivity index (χ1v) is 6.42. The van der Waals surface area contributed by atoms with E-state index in [4.69, 9.17) is 5.11 Å². The quantitative estimate of drug-likeness (QED) is 0.585. The maximum absolute atomic E-state index is 11.4. The Bertz CT molecular complexity index is 449. The van der Waals surface area contributed by atoms with Crippen molar-refractivity contribution in [1.82, 2.24) is 0 Å². The number of carbonyl (C=O) groups excluding carboxylic acids is 1. The summed E-state index contributed by atoms with van der Waals surface area (Å²) >= 11 is 0. The lowest BCUT2D eigenvalue weighted by Crippen LogP contribution is -2.08. The fourth-order valence-corrected chi connectivity index (χ4v) is 1.66. The zero-order chi connectivity index (χ0) is 14.1. The summed E-state index contributed by atoms with van der Waals surface area (Å²) in [5.41, 5.74) is 1.91. The average Bonchev–Trinajstić information content (AvgIpc) is 2.39. The summed E-state index contributed by atoms with van der Waals surface area (Å²) in [4.78, 5) is 21.6. The molecule has 4 nitrogen and oxygen atoms in total. The third-order valence-electron chi connectivity index (χ3n) is 2.67. The monoisotopic (exact) mass is 261 g/mol. The van der Waals surface area contributed by atoms with Gasteiger partial charge in [-0.25, -0.2) is 4.79 Å². The van der Waals surface area contributed by atoms with Crippen molar-refractivity contribution in [2.75, 3.05) is 5.32 Å². The number of carboxylic acid groups (broad SMARTS) is 1. The van der Waals surface area contributed by atoms with E-state index < -0.39 is 11.9 Å². The van der Waals surface area contributed by atoms with Gasteiger partial charge in [-0.05, 0) is 30.5 Å². The van der Waals surface area contributed by atoms with Crippen molar-refractivity contribution in [1.29, 1.82) is 0 Å². The molecule has 2 N–H and O–H groups in total. The van der Waals surface area contributed by atoms with E-state index in [9.17, 15) is 9.59 Å². The van der Waals surface area contributed by atoms with Crippen LogP contribution in [0, 0.1) is 0 Å². The number of aliphatic carboxylic acids is 1. The van der Waals surface area contributed by atoms with E-state index in [0.717, 1.165) is 18.6 Å². The molecule has 4 heteroatoms. The van der Waals surface area contributed by atoms with E-state index in [1.807, 2.05) is 24.3 Å². The lowest BCUT2D eigenvalue weighted by Gasteiger charge is -2.04. The summed E-state index contributed by atoms with van der Waals surface area (Å²) < 4.78 is 0. The molecule has 0 heterocycles. The van der Waals surface area contributed by atoms with Gasteiger partial charge in [-0.2, -0.15) is 0 Å². The van der Waals surface area contributed by atoms with Gasteiger partial charge in [0.25, 0.3) is 0 Å². The Morgan fingerprint density at radius 1 is 1.16 bits per heavy atom. The maximum Gasteiger partial charge on any atom is 0.328 e. The van der Waals surface area contributed by atoms with Gasteiger partial charge in [-0.1, -0.05) is 31.9 Å². The number of benzene rings is 1. The van der Waals surface area contributed by atoms with E-state index in [0.29, 0.717) is 5.69 Å². The lowest BCUT2D eigenvalue weighted by molar-refractivity contribution is -0.131. The first-order valence-electron chi connectivity index (χ1n) is 6.42. The van der Waals surface area contributed by atoms with Crippen LogP contribution in [0.15, 0.2) is 36.4 Å². The van der Waals surface area contributed by atoms with Gasteiger partial charge in [0, 0.05) is 17.8 Å². The largest absolute Gasteiger partial charge is 0.478 e. The van der Waals surface area contributed by atoms with Crippen molar-refractivity contribution in [3.05, 3.63) is 42.0 Å². The average molecular weight is 261 g/mol. The summed E-state index contributed by atoms with van der Waals surface area (Å²) in [6.45, 7) is 2.17. The molecular formula is C15H19NO3. The van der Waals surface area contributed by atoms with Gasteiger partial charge in [-0.3, -0.25) is 4.79 Å². The van der Waals surface area contributed by atoms with Crippen LogP contribution in [-0.4, -0.2) is 17.0 Å². The summed E-state index contributed by atoms with van der Waals surface area (Å²) in [5.74, 6) is -1.58. The number of aryl methyl sites for hydroxylation is 1. The van der Waals surface area contributed by atoms with Gasteiger partial charge in [-0.15, -0.1) is 0 Å². The third-order valence-corrected chi connectivity index (χ3v) is 2.67. The summed E-state index contributed by atoms with van der Waals surface area (Å²) in [6, 6.07) is 7.61. The number of amides is 1. The first-order chi connectivity index (χ1) is 9.11. The third kappa shape index (κ3) is 6.41. The molecule has 0 aliphatic heterocycles. The van der Waals surface area contributed by atoms with Crippen LogP contribution in [0.5, 0.6) is 0 Å². The van der Waals surface area contributed by atoms with Crippen LogP contribution < -0.4 is 5.32 Å². The Labute approximate surface area is 113 Å². The number of hydrogen-bond acceptors (Lipinski definition) is 2. The molecule has 1 aromatic rings. The Kier molecular flexibility index (Phi) is 6.36. The minimum Gasteiger partial charge on any atom is -0.478 e. The highest BCUT2D eigenvalue weighted by molar-refractivity contribution is 6.02. The number of carboxylic acids is 1. The van der Waals surface area contributed by atoms with E-state index in [-0.39, 0.29) is 0 Å². The Morgan fingerprint density at radius 2 is 1.84 bits per heavy atom. The van der Waals surface area contributed by atoms with Crippen molar-refractivity contribution in [2.24, 2.45) is 0 Å². The molecule has 0 saturated carbocycles. The van der Waals surface area contributed by atoms with E-state index in [2.05, 4.69) is 12.2 Å². The fraction of sp³-hybridized carbons (Fsp3) is 0.333. The highest BCUT2D eigenvalue weighted by Gasteiger charge is 1.99. The molecule has 1 aromatic carbocycles. The number of hydrogen-bond donors (Lipinski definition) is 2. The van der Waals surface area contributed by atoms with Gasteiger partial charge in [0.1, 0.15) is 0 Å². The van der Waals surface area contributed by atoms with Crippen molar-refractivity contribution in [3.63, 3.8) is 0 Å². The van der Waals surface area contributed by atoms with Gasteiger partial charge in [0.15, 0.2) is 0 Å². The number of unbranched alkanes of at least 4 members (excludes halogenated alkanes) is 2. The standard InChI is InChI=1S/C15H19NO3/c1-2-3-4-5-12-6-8-13(9-7-12)16-14(17)10-11-15(18)19/h6-11H,2-5H2,1H3,(H,16,17)(H,18,19)/b11-10+. The molecule has 0 bridgehead atoms. The topological polar surface area (TPSA) is 66.4 Å². The molecular weight excluding hydrogens is 242 g/mol. The van der Waals surface area contributed by atoms with Gasteiger partial charge in [0.2, 0.25) is 5.91 Å². The Morgan fingerprint density at radius 3 is 2.42 bits per heavy atom. The molecule has 1 amide bonds. The molecule has 0 aliphatic carbocycles. The molecule has 0 unspecified atom stereocenters. The lowest BCUT2D eigenvalue weighted by atomic mass is 10.1. The van der Waals surface area contributed by atoms with Gasteiger partial charge >= 0.3 is 5.97 Å². The molecule has 0 aliphatic rings. The van der Waals surface area contributed by atoms with E-state index in [1.165, 1.54) is 24.8 Å². The summed E-state index contributed by atoms with van der Waals surface area (Å²) in [6.07, 6.45) is 6.44. The Balaban J connectivity index is 2.47. The first kappa shape index (κ1) is 15.0. The number of rotatable bonds is 7. The molecule has 1 rings (SSSR count). The minimum absolute atomic E-state index is 0.443. The van der Waals surface area contributed by atoms with Crippen LogP contribution in [-0.2, 0) is 16.0 Å². The zero-order valence-corrected chi connectivity index (χ0v) is 11.1. The molecule has 19 heavy (non-hydrogen) atoms. The van der Waals surface area contributed by atoms with Crippen molar-refractivity contribution in [2.45, 2.75) is 32.6 Å². The van der Waals surface area contributed by atoms with Gasteiger partial charge < -0.3 is 10.4 Å². The molecule has 102 valence electrons. The predicted molar refractivity (Wildman–Crippen MR) is 75.1 cm³/mol. The SMILES string of the molecule is CCCCCc1ccc(NC(=O)/C=C/C(=O)O)cc1. The van der Waals surface area contributed by atoms with Crippen LogP contribution in [0.2, 0.25) is 0 Å². The normalized spacial score (nSPS) is 10.6. The highest BCUT2D eigenvalue weighted by Crippen LogP contribution is 2.12. The second kappa shape index (κ2) is 8.08. The zero-order valence-electron chi connectivity index (χ0n) is 11.1.